The van der Waals surface area contributed by atoms with Crippen LogP contribution in [0.2, 0.25) is 0 Å². The standard InChI is InChI=1S/C12H14N2O3/c1-17-12(16)9-3-2-4-10(7-9)14-6-5-13-8-11(14)15/h2-4,7,13H,5-6,8H2,1H3. The number of carbonyl (C=O) groups excluding carboxylic acids is 2. The Hall–Kier alpha value is -1.88. The molecule has 1 N–H and O–H groups in total. The molecule has 1 heterocycles. The van der Waals surface area contributed by atoms with E-state index in [0.29, 0.717) is 18.7 Å². The van der Waals surface area contributed by atoms with Gasteiger partial charge in [0.2, 0.25) is 5.91 Å². The van der Waals surface area contributed by atoms with Gasteiger partial charge >= 0.3 is 5.97 Å². The maximum absolute atomic E-state index is 11.7. The number of amides is 1. The van der Waals surface area contributed by atoms with Crippen molar-refractivity contribution in [2.75, 3.05) is 31.6 Å². The molecular weight excluding hydrogens is 220 g/mol. The Labute approximate surface area is 99.4 Å². The molecule has 0 radical (unpaired) electrons. The lowest BCUT2D eigenvalue weighted by Gasteiger charge is -2.27. The number of nitrogens with one attached hydrogen (secondary N) is 1. The van der Waals surface area contributed by atoms with Crippen molar-refractivity contribution in [1.29, 1.82) is 0 Å². The van der Waals surface area contributed by atoms with Gasteiger partial charge in [-0.3, -0.25) is 4.79 Å². The molecule has 0 spiro atoms. The normalized spacial score (nSPS) is 15.8. The lowest BCUT2D eigenvalue weighted by atomic mass is 10.1. The van der Waals surface area contributed by atoms with Crippen LogP contribution in [0.4, 0.5) is 5.69 Å². The second-order valence-corrected chi connectivity index (χ2v) is 3.76. The molecule has 0 saturated carbocycles. The van der Waals surface area contributed by atoms with Gasteiger partial charge in [0.05, 0.1) is 19.2 Å². The van der Waals surface area contributed by atoms with Gasteiger partial charge in [-0.25, -0.2) is 4.79 Å². The maximum atomic E-state index is 11.7. The minimum Gasteiger partial charge on any atom is -0.465 e. The van der Waals surface area contributed by atoms with Crippen molar-refractivity contribution < 1.29 is 14.3 Å². The second kappa shape index (κ2) is 4.97. The van der Waals surface area contributed by atoms with E-state index in [2.05, 4.69) is 10.1 Å². The number of esters is 1. The van der Waals surface area contributed by atoms with Crippen LogP contribution in [0.5, 0.6) is 0 Å². The van der Waals surface area contributed by atoms with Gasteiger partial charge in [0.25, 0.3) is 0 Å². The van der Waals surface area contributed by atoms with Crippen molar-refractivity contribution in [1.82, 2.24) is 5.32 Å². The van der Waals surface area contributed by atoms with Crippen LogP contribution in [0, 0.1) is 0 Å². The van der Waals surface area contributed by atoms with Gasteiger partial charge in [0.15, 0.2) is 0 Å². The number of carbonyl (C=O) groups is 2. The van der Waals surface area contributed by atoms with Crippen LogP contribution in [0.15, 0.2) is 24.3 Å². The van der Waals surface area contributed by atoms with Gasteiger partial charge in [-0.05, 0) is 18.2 Å². The summed E-state index contributed by atoms with van der Waals surface area (Å²) in [6.07, 6.45) is 0. The predicted molar refractivity (Wildman–Crippen MR) is 63.0 cm³/mol. The molecule has 1 saturated heterocycles. The van der Waals surface area contributed by atoms with Crippen LogP contribution in [0.25, 0.3) is 0 Å². The SMILES string of the molecule is COC(=O)c1cccc(N2CCNCC2=O)c1. The van der Waals surface area contributed by atoms with Crippen molar-refractivity contribution in [3.63, 3.8) is 0 Å². The van der Waals surface area contributed by atoms with Gasteiger partial charge in [0, 0.05) is 18.8 Å². The molecule has 0 aliphatic carbocycles. The van der Waals surface area contributed by atoms with Gasteiger partial charge in [-0.15, -0.1) is 0 Å². The Kier molecular flexibility index (Phi) is 3.39. The predicted octanol–water partition coefficient (Wildman–Crippen LogP) is 0.409. The number of rotatable bonds is 2. The molecular formula is C12H14N2O3. The zero-order chi connectivity index (χ0) is 12.3. The topological polar surface area (TPSA) is 58.6 Å². The van der Waals surface area contributed by atoms with Gasteiger partial charge in [0.1, 0.15) is 0 Å². The number of methoxy groups -OCH3 is 1. The van der Waals surface area contributed by atoms with Crippen molar-refractivity contribution in [3.8, 4) is 0 Å². The number of hydrogen-bond acceptors (Lipinski definition) is 4. The van der Waals surface area contributed by atoms with Crippen molar-refractivity contribution in [3.05, 3.63) is 29.8 Å². The molecule has 2 rings (SSSR count). The fourth-order valence-electron chi connectivity index (χ4n) is 1.80. The monoisotopic (exact) mass is 234 g/mol. The van der Waals surface area contributed by atoms with E-state index in [9.17, 15) is 9.59 Å². The first-order valence-electron chi connectivity index (χ1n) is 5.42. The molecule has 1 aromatic rings. The van der Waals surface area contributed by atoms with Gasteiger partial charge in [-0.1, -0.05) is 6.07 Å². The summed E-state index contributed by atoms with van der Waals surface area (Å²) in [4.78, 5) is 24.8. The number of piperazine rings is 1. The fraction of sp³-hybridized carbons (Fsp3) is 0.333. The van der Waals surface area contributed by atoms with Crippen LogP contribution in [0.3, 0.4) is 0 Å². The molecule has 1 aliphatic rings. The smallest absolute Gasteiger partial charge is 0.337 e. The minimum atomic E-state index is -0.394. The summed E-state index contributed by atoms with van der Waals surface area (Å²) in [5.41, 5.74) is 1.19. The summed E-state index contributed by atoms with van der Waals surface area (Å²) in [6.45, 7) is 1.71. The van der Waals surface area contributed by atoms with Crippen LogP contribution < -0.4 is 10.2 Å². The number of benzene rings is 1. The summed E-state index contributed by atoms with van der Waals surface area (Å²) in [6, 6.07) is 6.91. The quantitative estimate of drug-likeness (QED) is 0.753. The Morgan fingerprint density at radius 3 is 3.00 bits per heavy atom. The highest BCUT2D eigenvalue weighted by atomic mass is 16.5. The second-order valence-electron chi connectivity index (χ2n) is 3.76. The number of ether oxygens (including phenoxy) is 1. The Morgan fingerprint density at radius 2 is 2.29 bits per heavy atom. The first-order valence-corrected chi connectivity index (χ1v) is 5.42. The average Bonchev–Trinajstić information content (AvgIpc) is 2.38. The molecule has 1 fully saturated rings. The van der Waals surface area contributed by atoms with E-state index >= 15 is 0 Å². The third kappa shape index (κ3) is 2.45. The number of anilines is 1. The van der Waals surface area contributed by atoms with E-state index in [0.717, 1.165) is 12.2 Å². The zero-order valence-corrected chi connectivity index (χ0v) is 9.60. The molecule has 1 aliphatic heterocycles. The van der Waals surface area contributed by atoms with Crippen LogP contribution in [-0.4, -0.2) is 38.6 Å². The summed E-state index contributed by atoms with van der Waals surface area (Å²) in [5, 5.41) is 3.00. The molecule has 0 atom stereocenters. The summed E-state index contributed by atoms with van der Waals surface area (Å²) < 4.78 is 4.65. The van der Waals surface area contributed by atoms with Gasteiger partial charge < -0.3 is 15.0 Å². The summed E-state index contributed by atoms with van der Waals surface area (Å²) >= 11 is 0. The van der Waals surface area contributed by atoms with Crippen molar-refractivity contribution >= 4 is 17.6 Å². The van der Waals surface area contributed by atoms with E-state index in [-0.39, 0.29) is 5.91 Å². The van der Waals surface area contributed by atoms with Crippen LogP contribution in [0.1, 0.15) is 10.4 Å². The number of hydrogen-bond donors (Lipinski definition) is 1. The highest BCUT2D eigenvalue weighted by Crippen LogP contribution is 2.17. The van der Waals surface area contributed by atoms with Crippen LogP contribution >= 0.6 is 0 Å². The van der Waals surface area contributed by atoms with E-state index in [4.69, 9.17) is 0 Å². The maximum Gasteiger partial charge on any atom is 0.337 e. The Bertz CT molecular complexity index is 445. The number of nitrogens with zero attached hydrogens (tertiary/aromatic N) is 1. The molecule has 0 unspecified atom stereocenters. The third-order valence-electron chi connectivity index (χ3n) is 2.67. The lowest BCUT2D eigenvalue weighted by molar-refractivity contribution is -0.118. The van der Waals surface area contributed by atoms with E-state index in [1.807, 2.05) is 6.07 Å². The molecule has 17 heavy (non-hydrogen) atoms. The Balaban J connectivity index is 2.26. The largest absolute Gasteiger partial charge is 0.465 e. The minimum absolute atomic E-state index is 0.0123. The van der Waals surface area contributed by atoms with Crippen molar-refractivity contribution in [2.24, 2.45) is 0 Å². The molecule has 1 aromatic carbocycles. The van der Waals surface area contributed by atoms with E-state index in [1.54, 1.807) is 23.1 Å². The van der Waals surface area contributed by atoms with Crippen molar-refractivity contribution in [2.45, 2.75) is 0 Å². The lowest BCUT2D eigenvalue weighted by Crippen LogP contribution is -2.48. The third-order valence-corrected chi connectivity index (χ3v) is 2.67. The summed E-state index contributed by atoms with van der Waals surface area (Å²) in [7, 11) is 1.34. The zero-order valence-electron chi connectivity index (χ0n) is 9.60. The fourth-order valence-corrected chi connectivity index (χ4v) is 1.80. The van der Waals surface area contributed by atoms with E-state index < -0.39 is 5.97 Å². The Morgan fingerprint density at radius 1 is 1.47 bits per heavy atom. The molecule has 5 heteroatoms. The highest BCUT2D eigenvalue weighted by molar-refractivity contribution is 5.97. The van der Waals surface area contributed by atoms with Gasteiger partial charge in [-0.2, -0.15) is 0 Å². The molecule has 90 valence electrons. The highest BCUT2D eigenvalue weighted by Gasteiger charge is 2.19. The van der Waals surface area contributed by atoms with E-state index in [1.165, 1.54) is 7.11 Å². The average molecular weight is 234 g/mol. The molecule has 1 amide bonds. The first kappa shape index (κ1) is 11.6. The molecule has 0 bridgehead atoms. The molecule has 0 aromatic heterocycles. The van der Waals surface area contributed by atoms with Crippen LogP contribution in [-0.2, 0) is 9.53 Å². The molecule has 5 nitrogen and oxygen atoms in total. The summed E-state index contributed by atoms with van der Waals surface area (Å²) in [5.74, 6) is -0.382. The first-order chi connectivity index (χ1) is 8.22.